The van der Waals surface area contributed by atoms with Gasteiger partial charge in [0, 0.05) is 38.1 Å². The first-order valence-corrected chi connectivity index (χ1v) is 10.8. The minimum atomic E-state index is -3.15. The highest BCUT2D eigenvalue weighted by molar-refractivity contribution is 7.88. The van der Waals surface area contributed by atoms with Crippen molar-refractivity contribution in [3.8, 4) is 0 Å². The summed E-state index contributed by atoms with van der Waals surface area (Å²) in [7, 11) is -3.15. The third kappa shape index (κ3) is 5.54. The van der Waals surface area contributed by atoms with Crippen molar-refractivity contribution < 1.29 is 13.2 Å². The Morgan fingerprint density at radius 3 is 2.52 bits per heavy atom. The van der Waals surface area contributed by atoms with E-state index in [-0.39, 0.29) is 12.1 Å². The van der Waals surface area contributed by atoms with E-state index in [9.17, 15) is 13.2 Å². The molecule has 3 rings (SSSR count). The summed E-state index contributed by atoms with van der Waals surface area (Å²) in [6.45, 7) is 1.95. The standard InChI is InChI=1S/C18H25N5O3S/c1-27(25,26)23-11-7-17(8-12-23)21-18(24)19-13-15-5-2-3-6-16(15)14-22-10-4-9-20-22/h2-6,9-10,17H,7-8,11-14H2,1H3,(H2,19,21,24). The summed E-state index contributed by atoms with van der Waals surface area (Å²) in [4.78, 5) is 12.2. The van der Waals surface area contributed by atoms with Crippen LogP contribution in [0, 0.1) is 0 Å². The highest BCUT2D eigenvalue weighted by Gasteiger charge is 2.25. The summed E-state index contributed by atoms with van der Waals surface area (Å²) in [5.41, 5.74) is 2.14. The number of amides is 2. The van der Waals surface area contributed by atoms with Crippen molar-refractivity contribution in [1.29, 1.82) is 0 Å². The Kier molecular flexibility index (Phi) is 6.12. The molecule has 1 fully saturated rings. The number of hydrogen-bond donors (Lipinski definition) is 2. The van der Waals surface area contributed by atoms with Gasteiger partial charge in [-0.05, 0) is 30.0 Å². The molecule has 2 aromatic rings. The van der Waals surface area contributed by atoms with Crippen LogP contribution in [-0.2, 0) is 23.1 Å². The molecule has 2 heterocycles. The number of benzene rings is 1. The SMILES string of the molecule is CS(=O)(=O)N1CCC(NC(=O)NCc2ccccc2Cn2cccn2)CC1. The zero-order valence-corrected chi connectivity index (χ0v) is 16.2. The van der Waals surface area contributed by atoms with Crippen LogP contribution < -0.4 is 10.6 Å². The van der Waals surface area contributed by atoms with E-state index in [1.54, 1.807) is 6.20 Å². The second-order valence-corrected chi connectivity index (χ2v) is 8.72. The fourth-order valence-electron chi connectivity index (χ4n) is 3.20. The van der Waals surface area contributed by atoms with Crippen LogP contribution in [0.3, 0.4) is 0 Å². The van der Waals surface area contributed by atoms with Gasteiger partial charge in [0.15, 0.2) is 0 Å². The van der Waals surface area contributed by atoms with Gasteiger partial charge in [-0.1, -0.05) is 24.3 Å². The van der Waals surface area contributed by atoms with Crippen LogP contribution in [0.4, 0.5) is 4.79 Å². The molecular weight excluding hydrogens is 366 g/mol. The Balaban J connectivity index is 1.49. The lowest BCUT2D eigenvalue weighted by atomic mass is 10.1. The van der Waals surface area contributed by atoms with Gasteiger partial charge >= 0.3 is 6.03 Å². The maximum atomic E-state index is 12.2. The first kappa shape index (κ1) is 19.4. The van der Waals surface area contributed by atoms with E-state index in [4.69, 9.17) is 0 Å². The lowest BCUT2D eigenvalue weighted by Gasteiger charge is -2.30. The number of carbonyl (C=O) groups excluding carboxylic acids is 1. The first-order valence-electron chi connectivity index (χ1n) is 8.95. The van der Waals surface area contributed by atoms with Crippen molar-refractivity contribution in [1.82, 2.24) is 24.7 Å². The number of hydrogen-bond acceptors (Lipinski definition) is 4. The summed E-state index contributed by atoms with van der Waals surface area (Å²) in [6.07, 6.45) is 6.10. The molecule has 0 aliphatic carbocycles. The van der Waals surface area contributed by atoms with Gasteiger partial charge in [0.05, 0.1) is 12.8 Å². The van der Waals surface area contributed by atoms with Crippen LogP contribution in [0.15, 0.2) is 42.7 Å². The summed E-state index contributed by atoms with van der Waals surface area (Å²) < 4.78 is 26.4. The van der Waals surface area contributed by atoms with Gasteiger partial charge in [0.25, 0.3) is 0 Å². The van der Waals surface area contributed by atoms with Crippen molar-refractivity contribution in [3.63, 3.8) is 0 Å². The van der Waals surface area contributed by atoms with E-state index >= 15 is 0 Å². The predicted molar refractivity (Wildman–Crippen MR) is 103 cm³/mol. The summed E-state index contributed by atoms with van der Waals surface area (Å²) in [6, 6.07) is 9.56. The Bertz CT molecular complexity index is 859. The van der Waals surface area contributed by atoms with E-state index in [2.05, 4.69) is 15.7 Å². The van der Waals surface area contributed by atoms with E-state index in [0.717, 1.165) is 11.1 Å². The fraction of sp³-hybridized carbons (Fsp3) is 0.444. The van der Waals surface area contributed by atoms with Crippen LogP contribution >= 0.6 is 0 Å². The molecule has 0 spiro atoms. The number of piperidine rings is 1. The quantitative estimate of drug-likeness (QED) is 0.772. The van der Waals surface area contributed by atoms with E-state index < -0.39 is 10.0 Å². The van der Waals surface area contributed by atoms with Gasteiger partial charge in [-0.25, -0.2) is 17.5 Å². The molecule has 1 saturated heterocycles. The number of nitrogens with zero attached hydrogens (tertiary/aromatic N) is 3. The molecule has 0 radical (unpaired) electrons. The van der Waals surface area contributed by atoms with Crippen molar-refractivity contribution in [2.24, 2.45) is 0 Å². The minimum Gasteiger partial charge on any atom is -0.335 e. The Morgan fingerprint density at radius 2 is 1.89 bits per heavy atom. The number of sulfonamides is 1. The average molecular weight is 391 g/mol. The molecule has 1 aliphatic rings. The Labute approximate surface area is 159 Å². The molecule has 0 bridgehead atoms. The smallest absolute Gasteiger partial charge is 0.315 e. The number of nitrogens with one attached hydrogen (secondary N) is 2. The molecule has 2 amide bonds. The molecule has 8 nitrogen and oxygen atoms in total. The Hall–Kier alpha value is -2.39. The normalized spacial score (nSPS) is 16.2. The van der Waals surface area contributed by atoms with Crippen LogP contribution in [0.5, 0.6) is 0 Å². The highest BCUT2D eigenvalue weighted by atomic mass is 32.2. The molecule has 146 valence electrons. The number of rotatable bonds is 6. The Morgan fingerprint density at radius 1 is 1.19 bits per heavy atom. The maximum absolute atomic E-state index is 12.2. The van der Waals surface area contributed by atoms with Gasteiger partial charge in [-0.3, -0.25) is 4.68 Å². The molecule has 0 unspecified atom stereocenters. The number of carbonyl (C=O) groups is 1. The summed E-state index contributed by atoms with van der Waals surface area (Å²) in [5, 5.41) is 10.1. The van der Waals surface area contributed by atoms with Gasteiger partial charge in [0.2, 0.25) is 10.0 Å². The third-order valence-electron chi connectivity index (χ3n) is 4.71. The van der Waals surface area contributed by atoms with Gasteiger partial charge in [-0.2, -0.15) is 5.10 Å². The van der Waals surface area contributed by atoms with E-state index in [1.807, 2.05) is 41.2 Å². The van der Waals surface area contributed by atoms with Gasteiger partial charge in [0.1, 0.15) is 0 Å². The summed E-state index contributed by atoms with van der Waals surface area (Å²) >= 11 is 0. The van der Waals surface area contributed by atoms with Crippen LogP contribution in [-0.4, -0.2) is 53.9 Å². The predicted octanol–water partition coefficient (Wildman–Crippen LogP) is 1.15. The molecule has 0 atom stereocenters. The first-order chi connectivity index (χ1) is 12.9. The monoisotopic (exact) mass is 391 g/mol. The second kappa shape index (κ2) is 8.53. The van der Waals surface area contributed by atoms with Crippen molar-refractivity contribution in [2.75, 3.05) is 19.3 Å². The van der Waals surface area contributed by atoms with Crippen molar-refractivity contribution >= 4 is 16.1 Å². The average Bonchev–Trinajstić information content (AvgIpc) is 3.14. The largest absolute Gasteiger partial charge is 0.335 e. The van der Waals surface area contributed by atoms with Gasteiger partial charge in [-0.15, -0.1) is 0 Å². The molecule has 27 heavy (non-hydrogen) atoms. The minimum absolute atomic E-state index is 0.0117. The molecule has 1 aliphatic heterocycles. The molecule has 1 aromatic heterocycles. The van der Waals surface area contributed by atoms with Crippen molar-refractivity contribution in [2.45, 2.75) is 32.0 Å². The molecular formula is C18H25N5O3S. The third-order valence-corrected chi connectivity index (χ3v) is 6.01. The van der Waals surface area contributed by atoms with E-state index in [1.165, 1.54) is 10.6 Å². The highest BCUT2D eigenvalue weighted by Crippen LogP contribution is 2.13. The lowest BCUT2D eigenvalue weighted by molar-refractivity contribution is 0.227. The molecule has 2 N–H and O–H groups in total. The maximum Gasteiger partial charge on any atom is 0.315 e. The number of aromatic nitrogens is 2. The number of urea groups is 1. The van der Waals surface area contributed by atoms with Crippen LogP contribution in [0.1, 0.15) is 24.0 Å². The van der Waals surface area contributed by atoms with Crippen molar-refractivity contribution in [3.05, 3.63) is 53.9 Å². The van der Waals surface area contributed by atoms with E-state index in [0.29, 0.717) is 39.0 Å². The second-order valence-electron chi connectivity index (χ2n) is 6.74. The zero-order chi connectivity index (χ0) is 19.3. The summed E-state index contributed by atoms with van der Waals surface area (Å²) in [5.74, 6) is 0. The van der Waals surface area contributed by atoms with Crippen LogP contribution in [0.25, 0.3) is 0 Å². The van der Waals surface area contributed by atoms with Crippen LogP contribution in [0.2, 0.25) is 0 Å². The fourth-order valence-corrected chi connectivity index (χ4v) is 4.07. The topological polar surface area (TPSA) is 96.3 Å². The lowest BCUT2D eigenvalue weighted by Crippen LogP contribution is -2.48. The zero-order valence-electron chi connectivity index (χ0n) is 15.3. The molecule has 9 heteroatoms. The molecule has 0 saturated carbocycles. The van der Waals surface area contributed by atoms with Gasteiger partial charge < -0.3 is 10.6 Å². The molecule has 1 aromatic carbocycles.